The molecule has 0 saturated carbocycles. The molecule has 0 aromatic carbocycles. The monoisotopic (exact) mass is 382 g/mol. The summed E-state index contributed by atoms with van der Waals surface area (Å²) in [6.07, 6.45) is 1.58. The number of carbonyl (C=O) groups is 1. The van der Waals surface area contributed by atoms with Crippen LogP contribution in [0.15, 0.2) is 30.5 Å². The van der Waals surface area contributed by atoms with Crippen LogP contribution in [0.2, 0.25) is 0 Å². The highest BCUT2D eigenvalue weighted by Gasteiger charge is 2.06. The Morgan fingerprint density at radius 1 is 1.11 bits per heavy atom. The summed E-state index contributed by atoms with van der Waals surface area (Å²) >= 11 is 0. The Kier molecular flexibility index (Phi) is 6.10. The highest BCUT2D eigenvalue weighted by Crippen LogP contribution is 2.10. The van der Waals surface area contributed by atoms with Gasteiger partial charge in [0, 0.05) is 30.7 Å². The quantitative estimate of drug-likeness (QED) is 0.553. The van der Waals surface area contributed by atoms with Gasteiger partial charge in [-0.05, 0) is 45.0 Å². The molecule has 0 aliphatic rings. The Morgan fingerprint density at radius 3 is 2.64 bits per heavy atom. The zero-order chi connectivity index (χ0) is 19.9. The fourth-order valence-corrected chi connectivity index (χ4v) is 2.46. The minimum absolute atomic E-state index is 0.138. The Morgan fingerprint density at radius 2 is 1.96 bits per heavy atom. The third-order valence-electron chi connectivity index (χ3n) is 3.74. The molecule has 0 aliphatic heterocycles. The summed E-state index contributed by atoms with van der Waals surface area (Å²) in [6, 6.07) is 7.57. The van der Waals surface area contributed by atoms with Gasteiger partial charge >= 0.3 is 6.01 Å². The number of hydrogen-bond acceptors (Lipinski definition) is 8. The van der Waals surface area contributed by atoms with Crippen molar-refractivity contribution in [2.24, 2.45) is 0 Å². The lowest BCUT2D eigenvalue weighted by atomic mass is 10.4. The fourth-order valence-electron chi connectivity index (χ4n) is 2.46. The summed E-state index contributed by atoms with van der Waals surface area (Å²) in [5.74, 6) is 1.02. The number of aromatic nitrogens is 6. The van der Waals surface area contributed by atoms with Crippen molar-refractivity contribution in [3.8, 4) is 11.8 Å². The molecule has 0 aliphatic carbocycles. The second-order valence-electron chi connectivity index (χ2n) is 6.16. The first kappa shape index (κ1) is 19.2. The normalized spacial score (nSPS) is 10.5. The first-order valence-corrected chi connectivity index (χ1v) is 8.81. The number of amides is 1. The van der Waals surface area contributed by atoms with Crippen LogP contribution in [0.4, 0.5) is 5.82 Å². The van der Waals surface area contributed by atoms with Gasteiger partial charge in [-0.3, -0.25) is 4.79 Å². The van der Waals surface area contributed by atoms with Crippen molar-refractivity contribution in [1.82, 2.24) is 35.3 Å². The Labute approximate surface area is 162 Å². The van der Waals surface area contributed by atoms with Gasteiger partial charge in [-0.1, -0.05) is 0 Å². The van der Waals surface area contributed by atoms with E-state index in [1.807, 2.05) is 39.0 Å². The summed E-state index contributed by atoms with van der Waals surface area (Å²) in [6.45, 7) is 6.50. The lowest BCUT2D eigenvalue weighted by Crippen LogP contribution is -2.33. The second-order valence-corrected chi connectivity index (χ2v) is 6.16. The molecule has 0 spiro atoms. The number of ether oxygens (including phenoxy) is 1. The van der Waals surface area contributed by atoms with Crippen molar-refractivity contribution in [2.45, 2.75) is 20.8 Å². The van der Waals surface area contributed by atoms with Crippen LogP contribution in [-0.4, -0.2) is 55.5 Å². The van der Waals surface area contributed by atoms with Crippen molar-refractivity contribution in [3.63, 3.8) is 0 Å². The SMILES string of the molecule is Cc1ccnc(OCC(=O)NCCNc2ccc(-n3nc(C)cc3C)nn2)n1. The number of carbonyl (C=O) groups excluding carboxylic acids is 1. The lowest BCUT2D eigenvalue weighted by molar-refractivity contribution is -0.123. The van der Waals surface area contributed by atoms with Gasteiger partial charge in [-0.15, -0.1) is 10.2 Å². The van der Waals surface area contributed by atoms with E-state index in [9.17, 15) is 4.79 Å². The van der Waals surface area contributed by atoms with Crippen LogP contribution in [0.25, 0.3) is 5.82 Å². The summed E-state index contributed by atoms with van der Waals surface area (Å²) in [5, 5.41) is 18.5. The molecule has 10 nitrogen and oxygen atoms in total. The van der Waals surface area contributed by atoms with E-state index >= 15 is 0 Å². The first-order chi connectivity index (χ1) is 13.5. The first-order valence-electron chi connectivity index (χ1n) is 8.81. The molecule has 3 aromatic rings. The maximum atomic E-state index is 11.8. The predicted molar refractivity (Wildman–Crippen MR) is 102 cm³/mol. The molecule has 1 amide bonds. The van der Waals surface area contributed by atoms with Crippen LogP contribution in [0, 0.1) is 20.8 Å². The molecular formula is C18H22N8O2. The topological polar surface area (TPSA) is 120 Å². The predicted octanol–water partition coefficient (Wildman–Crippen LogP) is 0.985. The van der Waals surface area contributed by atoms with Crippen LogP contribution in [0.3, 0.4) is 0 Å². The largest absolute Gasteiger partial charge is 0.453 e. The van der Waals surface area contributed by atoms with Crippen LogP contribution in [0.5, 0.6) is 6.01 Å². The van der Waals surface area contributed by atoms with Crippen LogP contribution in [-0.2, 0) is 4.79 Å². The van der Waals surface area contributed by atoms with Gasteiger partial charge in [-0.25, -0.2) is 14.6 Å². The molecule has 3 heterocycles. The van der Waals surface area contributed by atoms with Gasteiger partial charge in [-0.2, -0.15) is 5.10 Å². The number of hydrogen-bond donors (Lipinski definition) is 2. The van der Waals surface area contributed by atoms with Gasteiger partial charge < -0.3 is 15.4 Å². The van der Waals surface area contributed by atoms with E-state index in [2.05, 4.69) is 35.9 Å². The van der Waals surface area contributed by atoms with Gasteiger partial charge in [0.15, 0.2) is 12.4 Å². The molecular weight excluding hydrogens is 360 g/mol. The molecule has 0 fully saturated rings. The van der Waals surface area contributed by atoms with E-state index in [1.54, 1.807) is 16.9 Å². The molecule has 0 bridgehead atoms. The third kappa shape index (κ3) is 5.22. The van der Waals surface area contributed by atoms with E-state index in [0.717, 1.165) is 17.1 Å². The maximum absolute atomic E-state index is 11.8. The standard InChI is InChI=1S/C18H22N8O2/c1-12-6-7-21-18(22-12)28-11-17(27)20-9-8-19-15-4-5-16(24-23-15)26-14(3)10-13(2)25-26/h4-7,10H,8-9,11H2,1-3H3,(H,19,23)(H,20,27). The van der Waals surface area contributed by atoms with E-state index in [4.69, 9.17) is 4.74 Å². The summed E-state index contributed by atoms with van der Waals surface area (Å²) < 4.78 is 6.99. The average Bonchev–Trinajstić information content (AvgIpc) is 3.02. The van der Waals surface area contributed by atoms with Gasteiger partial charge in [0.1, 0.15) is 5.82 Å². The maximum Gasteiger partial charge on any atom is 0.317 e. The van der Waals surface area contributed by atoms with E-state index in [0.29, 0.717) is 24.7 Å². The molecule has 28 heavy (non-hydrogen) atoms. The Bertz CT molecular complexity index is 939. The van der Waals surface area contributed by atoms with Gasteiger partial charge in [0.05, 0.1) is 5.69 Å². The molecule has 0 atom stereocenters. The lowest BCUT2D eigenvalue weighted by Gasteiger charge is -2.08. The molecule has 0 radical (unpaired) electrons. The number of nitrogens with zero attached hydrogens (tertiary/aromatic N) is 6. The summed E-state index contributed by atoms with van der Waals surface area (Å²) in [4.78, 5) is 19.8. The molecule has 2 N–H and O–H groups in total. The number of anilines is 1. The van der Waals surface area contributed by atoms with Crippen LogP contribution < -0.4 is 15.4 Å². The van der Waals surface area contributed by atoms with Crippen molar-refractivity contribution >= 4 is 11.7 Å². The molecule has 0 saturated heterocycles. The Hall–Kier alpha value is -3.56. The zero-order valence-corrected chi connectivity index (χ0v) is 16.0. The van der Waals surface area contributed by atoms with E-state index in [1.165, 1.54) is 0 Å². The number of aryl methyl sites for hydroxylation is 3. The van der Waals surface area contributed by atoms with Crippen LogP contribution >= 0.6 is 0 Å². The van der Waals surface area contributed by atoms with Crippen LogP contribution in [0.1, 0.15) is 17.1 Å². The van der Waals surface area contributed by atoms with Crippen molar-refractivity contribution in [1.29, 1.82) is 0 Å². The summed E-state index contributed by atoms with van der Waals surface area (Å²) in [5.41, 5.74) is 2.70. The van der Waals surface area contributed by atoms with Crippen molar-refractivity contribution in [2.75, 3.05) is 25.0 Å². The van der Waals surface area contributed by atoms with Gasteiger partial charge in [0.25, 0.3) is 5.91 Å². The second kappa shape index (κ2) is 8.89. The smallest absolute Gasteiger partial charge is 0.317 e. The average molecular weight is 382 g/mol. The van der Waals surface area contributed by atoms with Crippen molar-refractivity contribution in [3.05, 3.63) is 47.5 Å². The van der Waals surface area contributed by atoms with Gasteiger partial charge in [0.2, 0.25) is 0 Å². The fraction of sp³-hybridized carbons (Fsp3) is 0.333. The third-order valence-corrected chi connectivity index (χ3v) is 3.74. The molecule has 10 heteroatoms. The Balaban J connectivity index is 1.39. The molecule has 0 unspecified atom stereocenters. The molecule has 3 aromatic heterocycles. The minimum Gasteiger partial charge on any atom is -0.453 e. The highest BCUT2D eigenvalue weighted by atomic mass is 16.5. The summed E-state index contributed by atoms with van der Waals surface area (Å²) in [7, 11) is 0. The molecule has 146 valence electrons. The van der Waals surface area contributed by atoms with E-state index in [-0.39, 0.29) is 18.5 Å². The number of rotatable bonds is 8. The zero-order valence-electron chi connectivity index (χ0n) is 16.0. The molecule has 3 rings (SSSR count). The number of nitrogens with one attached hydrogen (secondary N) is 2. The minimum atomic E-state index is -0.252. The van der Waals surface area contributed by atoms with E-state index < -0.39 is 0 Å². The highest BCUT2D eigenvalue weighted by molar-refractivity contribution is 5.77. The van der Waals surface area contributed by atoms with Crippen molar-refractivity contribution < 1.29 is 9.53 Å².